The molecule has 2 N–H and O–H groups in total. The maximum absolute atomic E-state index is 5.75. The third-order valence-corrected chi connectivity index (χ3v) is 4.67. The topological polar surface area (TPSA) is 26.0 Å². The predicted molar refractivity (Wildman–Crippen MR) is 72.2 cm³/mol. The summed E-state index contributed by atoms with van der Waals surface area (Å²) in [4.78, 5) is 1.31. The molecule has 15 heavy (non-hydrogen) atoms. The number of benzene rings is 1. The van der Waals surface area contributed by atoms with Crippen LogP contribution >= 0.6 is 27.7 Å². The zero-order valence-corrected chi connectivity index (χ0v) is 11.7. The molecular formula is C12H18BrNS. The number of hydrogen-bond acceptors (Lipinski definition) is 2. The summed E-state index contributed by atoms with van der Waals surface area (Å²) in [5, 5.41) is 0. The van der Waals surface area contributed by atoms with Crippen molar-refractivity contribution in [3.63, 3.8) is 0 Å². The van der Waals surface area contributed by atoms with Gasteiger partial charge in [-0.3, -0.25) is 0 Å². The summed E-state index contributed by atoms with van der Waals surface area (Å²) in [5.41, 5.74) is 6.97. The van der Waals surface area contributed by atoms with Crippen molar-refractivity contribution in [1.29, 1.82) is 0 Å². The molecule has 0 spiro atoms. The van der Waals surface area contributed by atoms with Crippen LogP contribution in [0, 0.1) is 5.92 Å². The molecule has 84 valence electrons. The molecule has 0 radical (unpaired) electrons. The zero-order valence-electron chi connectivity index (χ0n) is 9.29. The SMILES string of the molecule is CCC(C)CSc1cccc(Br)c1CN. The van der Waals surface area contributed by atoms with Gasteiger partial charge in [-0.15, -0.1) is 11.8 Å². The molecule has 0 aromatic heterocycles. The van der Waals surface area contributed by atoms with E-state index in [0.29, 0.717) is 6.54 Å². The van der Waals surface area contributed by atoms with Crippen molar-refractivity contribution in [1.82, 2.24) is 0 Å². The van der Waals surface area contributed by atoms with E-state index in [1.165, 1.54) is 22.6 Å². The monoisotopic (exact) mass is 287 g/mol. The fourth-order valence-electron chi connectivity index (χ4n) is 1.22. The van der Waals surface area contributed by atoms with Gasteiger partial charge in [-0.05, 0) is 23.6 Å². The molecule has 0 aliphatic carbocycles. The Morgan fingerprint density at radius 2 is 2.20 bits per heavy atom. The van der Waals surface area contributed by atoms with Crippen LogP contribution in [-0.4, -0.2) is 5.75 Å². The van der Waals surface area contributed by atoms with Crippen molar-refractivity contribution in [3.05, 3.63) is 28.2 Å². The predicted octanol–water partition coefficient (Wildman–Crippen LogP) is 4.05. The summed E-state index contributed by atoms with van der Waals surface area (Å²) in [6.07, 6.45) is 1.24. The van der Waals surface area contributed by atoms with Crippen LogP contribution in [0.15, 0.2) is 27.6 Å². The number of halogens is 1. The van der Waals surface area contributed by atoms with Crippen LogP contribution in [0.2, 0.25) is 0 Å². The van der Waals surface area contributed by atoms with Gasteiger partial charge in [-0.25, -0.2) is 0 Å². The van der Waals surface area contributed by atoms with Gasteiger partial charge < -0.3 is 5.73 Å². The minimum Gasteiger partial charge on any atom is -0.326 e. The van der Waals surface area contributed by atoms with Crippen LogP contribution in [-0.2, 0) is 6.54 Å². The minimum atomic E-state index is 0.601. The molecule has 0 fully saturated rings. The number of rotatable bonds is 5. The Balaban J connectivity index is 2.72. The fraction of sp³-hybridized carbons (Fsp3) is 0.500. The summed E-state index contributed by atoms with van der Waals surface area (Å²) in [6, 6.07) is 6.28. The molecule has 0 aliphatic heterocycles. The van der Waals surface area contributed by atoms with Gasteiger partial charge in [0.2, 0.25) is 0 Å². The van der Waals surface area contributed by atoms with E-state index >= 15 is 0 Å². The lowest BCUT2D eigenvalue weighted by Crippen LogP contribution is -2.01. The summed E-state index contributed by atoms with van der Waals surface area (Å²) in [5.74, 6) is 1.93. The third-order valence-electron chi connectivity index (χ3n) is 2.50. The third kappa shape index (κ3) is 3.82. The molecule has 0 saturated carbocycles. The largest absolute Gasteiger partial charge is 0.326 e. The van der Waals surface area contributed by atoms with Crippen molar-refractivity contribution in [2.45, 2.75) is 31.7 Å². The first kappa shape index (κ1) is 13.1. The Labute approximate surface area is 105 Å². The van der Waals surface area contributed by atoms with Crippen molar-refractivity contribution < 1.29 is 0 Å². The smallest absolute Gasteiger partial charge is 0.0231 e. The first-order chi connectivity index (χ1) is 7.19. The lowest BCUT2D eigenvalue weighted by atomic mass is 10.2. The Morgan fingerprint density at radius 3 is 2.80 bits per heavy atom. The number of thioether (sulfide) groups is 1. The van der Waals surface area contributed by atoms with E-state index in [2.05, 4.69) is 48.0 Å². The zero-order chi connectivity index (χ0) is 11.3. The molecule has 0 bridgehead atoms. The lowest BCUT2D eigenvalue weighted by molar-refractivity contribution is 0.637. The Bertz CT molecular complexity index is 314. The molecule has 1 nitrogen and oxygen atoms in total. The molecule has 1 aromatic rings. The van der Waals surface area contributed by atoms with Crippen LogP contribution in [0.5, 0.6) is 0 Å². The molecule has 3 heteroatoms. The average Bonchev–Trinajstić information content (AvgIpc) is 2.25. The minimum absolute atomic E-state index is 0.601. The Kier molecular flexibility index (Phi) is 5.72. The van der Waals surface area contributed by atoms with Crippen molar-refractivity contribution in [2.24, 2.45) is 11.7 Å². The highest BCUT2D eigenvalue weighted by Crippen LogP contribution is 2.29. The fourth-order valence-corrected chi connectivity index (χ4v) is 3.12. The van der Waals surface area contributed by atoms with E-state index in [1.807, 2.05) is 11.8 Å². The van der Waals surface area contributed by atoms with E-state index in [4.69, 9.17) is 5.73 Å². The summed E-state index contributed by atoms with van der Waals surface area (Å²) in [6.45, 7) is 5.12. The molecule has 1 unspecified atom stereocenters. The van der Waals surface area contributed by atoms with Gasteiger partial charge in [-0.2, -0.15) is 0 Å². The standard InChI is InChI=1S/C12H18BrNS/c1-3-9(2)8-15-12-6-4-5-11(13)10(12)7-14/h4-6,9H,3,7-8,14H2,1-2H3. The van der Waals surface area contributed by atoms with Gasteiger partial charge in [-0.1, -0.05) is 42.3 Å². The summed E-state index contributed by atoms with van der Waals surface area (Å²) < 4.78 is 1.12. The van der Waals surface area contributed by atoms with Gasteiger partial charge in [0.1, 0.15) is 0 Å². The van der Waals surface area contributed by atoms with E-state index in [1.54, 1.807) is 0 Å². The summed E-state index contributed by atoms with van der Waals surface area (Å²) >= 11 is 5.45. The molecule has 1 atom stereocenters. The molecule has 1 aromatic carbocycles. The van der Waals surface area contributed by atoms with Gasteiger partial charge in [0.15, 0.2) is 0 Å². The lowest BCUT2D eigenvalue weighted by Gasteiger charge is -2.12. The van der Waals surface area contributed by atoms with Crippen molar-refractivity contribution in [2.75, 3.05) is 5.75 Å². The maximum atomic E-state index is 5.75. The molecule has 0 heterocycles. The van der Waals surface area contributed by atoms with E-state index < -0.39 is 0 Å². The Hall–Kier alpha value is 0.01000. The molecule has 0 saturated heterocycles. The first-order valence-electron chi connectivity index (χ1n) is 5.29. The van der Waals surface area contributed by atoms with Crippen LogP contribution < -0.4 is 5.73 Å². The maximum Gasteiger partial charge on any atom is 0.0231 e. The molecular weight excluding hydrogens is 270 g/mol. The Morgan fingerprint density at radius 1 is 1.47 bits per heavy atom. The molecule has 0 aliphatic rings. The number of nitrogens with two attached hydrogens (primary N) is 1. The van der Waals surface area contributed by atoms with Gasteiger partial charge in [0.25, 0.3) is 0 Å². The van der Waals surface area contributed by atoms with Crippen LogP contribution in [0.1, 0.15) is 25.8 Å². The van der Waals surface area contributed by atoms with E-state index in [-0.39, 0.29) is 0 Å². The van der Waals surface area contributed by atoms with Crippen molar-refractivity contribution in [3.8, 4) is 0 Å². The molecule has 0 amide bonds. The van der Waals surface area contributed by atoms with Crippen molar-refractivity contribution >= 4 is 27.7 Å². The normalized spacial score (nSPS) is 12.8. The second kappa shape index (κ2) is 6.56. The van der Waals surface area contributed by atoms with Crippen LogP contribution in [0.25, 0.3) is 0 Å². The highest BCUT2D eigenvalue weighted by atomic mass is 79.9. The van der Waals surface area contributed by atoms with Gasteiger partial charge in [0.05, 0.1) is 0 Å². The van der Waals surface area contributed by atoms with E-state index in [0.717, 1.165) is 10.4 Å². The van der Waals surface area contributed by atoms with E-state index in [9.17, 15) is 0 Å². The van der Waals surface area contributed by atoms with Crippen LogP contribution in [0.3, 0.4) is 0 Å². The first-order valence-corrected chi connectivity index (χ1v) is 7.07. The second-order valence-corrected chi connectivity index (χ2v) is 5.66. The highest BCUT2D eigenvalue weighted by molar-refractivity contribution is 9.10. The van der Waals surface area contributed by atoms with Crippen LogP contribution in [0.4, 0.5) is 0 Å². The number of hydrogen-bond donors (Lipinski definition) is 1. The second-order valence-electron chi connectivity index (χ2n) is 3.75. The highest BCUT2D eigenvalue weighted by Gasteiger charge is 2.07. The van der Waals surface area contributed by atoms with Gasteiger partial charge in [0, 0.05) is 21.7 Å². The molecule has 1 rings (SSSR count). The average molecular weight is 288 g/mol. The summed E-state index contributed by atoms with van der Waals surface area (Å²) in [7, 11) is 0. The van der Waals surface area contributed by atoms with Gasteiger partial charge >= 0.3 is 0 Å². The quantitative estimate of drug-likeness (QED) is 0.827.